The Bertz CT molecular complexity index is 282. The Morgan fingerprint density at radius 2 is 2.36 bits per heavy atom. The summed E-state index contributed by atoms with van der Waals surface area (Å²) in [5.41, 5.74) is 5.63. The number of rotatable bonds is 4. The molecule has 1 aromatic rings. The zero-order valence-corrected chi connectivity index (χ0v) is 8.38. The van der Waals surface area contributed by atoms with Crippen LogP contribution in [0.3, 0.4) is 0 Å². The fourth-order valence-electron chi connectivity index (χ4n) is 1.08. The monoisotopic (exact) mass is 197 g/mol. The highest BCUT2D eigenvalue weighted by atomic mass is 16.7. The molecular weight excluding hydrogens is 182 g/mol. The molecule has 1 atom stereocenters. The van der Waals surface area contributed by atoms with Gasteiger partial charge < -0.3 is 10.6 Å². The maximum atomic E-state index is 11.4. The van der Waals surface area contributed by atoms with E-state index in [2.05, 4.69) is 4.98 Å². The van der Waals surface area contributed by atoms with Gasteiger partial charge in [-0.3, -0.25) is 0 Å². The first-order chi connectivity index (χ1) is 6.59. The number of hydrogen-bond acceptors (Lipinski definition) is 4. The van der Waals surface area contributed by atoms with Gasteiger partial charge in [0.15, 0.2) is 0 Å². The molecule has 0 aromatic carbocycles. The van der Waals surface area contributed by atoms with Crippen LogP contribution in [0.15, 0.2) is 18.7 Å². The van der Waals surface area contributed by atoms with E-state index < -0.39 is 12.0 Å². The van der Waals surface area contributed by atoms with Gasteiger partial charge in [0, 0.05) is 6.20 Å². The molecule has 2 N–H and O–H groups in total. The molecule has 0 amide bonds. The average Bonchev–Trinajstić information content (AvgIpc) is 2.55. The maximum Gasteiger partial charge on any atom is 0.349 e. The highest BCUT2D eigenvalue weighted by Crippen LogP contribution is 2.02. The van der Waals surface area contributed by atoms with Crippen LogP contribution in [0.2, 0.25) is 0 Å². The van der Waals surface area contributed by atoms with Crippen LogP contribution in [0.4, 0.5) is 0 Å². The lowest BCUT2D eigenvalue weighted by Gasteiger charge is -2.12. The Hall–Kier alpha value is -1.36. The lowest BCUT2D eigenvalue weighted by molar-refractivity contribution is -0.146. The van der Waals surface area contributed by atoms with Crippen molar-refractivity contribution < 1.29 is 9.63 Å². The van der Waals surface area contributed by atoms with Crippen LogP contribution >= 0.6 is 0 Å². The second kappa shape index (κ2) is 4.76. The zero-order chi connectivity index (χ0) is 10.6. The quantitative estimate of drug-likeness (QED) is 0.749. The van der Waals surface area contributed by atoms with Crippen molar-refractivity contribution >= 4 is 5.97 Å². The molecule has 0 unspecified atom stereocenters. The molecule has 5 heteroatoms. The highest BCUT2D eigenvalue weighted by Gasteiger charge is 2.17. The number of carbonyl (C=O) groups excluding carboxylic acids is 1. The zero-order valence-electron chi connectivity index (χ0n) is 8.38. The molecule has 0 aliphatic heterocycles. The fraction of sp³-hybridized carbons (Fsp3) is 0.556. The third-order valence-electron chi connectivity index (χ3n) is 1.70. The van der Waals surface area contributed by atoms with Crippen LogP contribution < -0.4 is 10.6 Å². The first kappa shape index (κ1) is 10.7. The molecule has 5 nitrogen and oxygen atoms in total. The van der Waals surface area contributed by atoms with E-state index >= 15 is 0 Å². The van der Waals surface area contributed by atoms with E-state index in [1.165, 1.54) is 17.3 Å². The summed E-state index contributed by atoms with van der Waals surface area (Å²) < 4.78 is 1.24. The maximum absolute atomic E-state index is 11.4. The van der Waals surface area contributed by atoms with E-state index in [9.17, 15) is 4.79 Å². The van der Waals surface area contributed by atoms with E-state index in [0.717, 1.165) is 0 Å². The lowest BCUT2D eigenvalue weighted by atomic mass is 10.1. The summed E-state index contributed by atoms with van der Waals surface area (Å²) in [6, 6.07) is -0.572. The smallest absolute Gasteiger partial charge is 0.334 e. The lowest BCUT2D eigenvalue weighted by Crippen LogP contribution is -2.38. The molecule has 0 saturated carbocycles. The minimum Gasteiger partial charge on any atom is -0.334 e. The van der Waals surface area contributed by atoms with Crippen LogP contribution in [-0.4, -0.2) is 21.7 Å². The minimum absolute atomic E-state index is 0.375. The number of carbonyl (C=O) groups is 1. The number of hydrogen-bond donors (Lipinski definition) is 1. The number of nitrogens with two attached hydrogens (primary N) is 1. The van der Waals surface area contributed by atoms with Gasteiger partial charge in [0.2, 0.25) is 0 Å². The number of imidazole rings is 1. The van der Waals surface area contributed by atoms with Gasteiger partial charge in [0.1, 0.15) is 12.4 Å². The van der Waals surface area contributed by atoms with Crippen molar-refractivity contribution in [2.24, 2.45) is 11.7 Å². The summed E-state index contributed by atoms with van der Waals surface area (Å²) in [6.07, 6.45) is 5.09. The van der Waals surface area contributed by atoms with Crippen LogP contribution in [0.25, 0.3) is 0 Å². The molecule has 1 rings (SSSR count). The molecule has 0 spiro atoms. The van der Waals surface area contributed by atoms with E-state index in [1.807, 2.05) is 13.8 Å². The molecule has 0 radical (unpaired) electrons. The summed E-state index contributed by atoms with van der Waals surface area (Å²) in [5, 5.41) is 0. The van der Waals surface area contributed by atoms with Crippen molar-refractivity contribution in [1.29, 1.82) is 0 Å². The molecule has 0 saturated heterocycles. The van der Waals surface area contributed by atoms with Gasteiger partial charge >= 0.3 is 5.97 Å². The van der Waals surface area contributed by atoms with Crippen molar-refractivity contribution in [2.45, 2.75) is 26.3 Å². The molecule has 0 fully saturated rings. The number of aromatic nitrogens is 2. The predicted molar refractivity (Wildman–Crippen MR) is 51.2 cm³/mol. The molecule has 0 aliphatic carbocycles. The van der Waals surface area contributed by atoms with Gasteiger partial charge in [0.25, 0.3) is 0 Å². The van der Waals surface area contributed by atoms with Crippen LogP contribution in [-0.2, 0) is 4.79 Å². The molecule has 1 aromatic heterocycles. The summed E-state index contributed by atoms with van der Waals surface area (Å²) in [5.74, 6) is -0.0583. The van der Waals surface area contributed by atoms with E-state index in [1.54, 1.807) is 6.20 Å². The Balaban J connectivity index is 2.42. The molecule has 14 heavy (non-hydrogen) atoms. The average molecular weight is 197 g/mol. The van der Waals surface area contributed by atoms with Crippen LogP contribution in [0.1, 0.15) is 20.3 Å². The van der Waals surface area contributed by atoms with Gasteiger partial charge in [-0.05, 0) is 12.3 Å². The third-order valence-corrected chi connectivity index (χ3v) is 1.70. The Labute approximate surface area is 82.8 Å². The first-order valence-corrected chi connectivity index (χ1v) is 4.55. The van der Waals surface area contributed by atoms with E-state index in [-0.39, 0.29) is 0 Å². The fourth-order valence-corrected chi connectivity index (χ4v) is 1.08. The van der Waals surface area contributed by atoms with Crippen molar-refractivity contribution in [3.63, 3.8) is 0 Å². The second-order valence-electron chi connectivity index (χ2n) is 3.57. The Morgan fingerprint density at radius 1 is 1.64 bits per heavy atom. The summed E-state index contributed by atoms with van der Waals surface area (Å²) >= 11 is 0. The standard InChI is InChI=1S/C9H15N3O2/c1-7(2)5-8(10)9(13)14-12-4-3-11-6-12/h3-4,6-8H,5,10H2,1-2H3/t8-/m0/s1. The molecule has 0 bridgehead atoms. The first-order valence-electron chi connectivity index (χ1n) is 4.55. The Kier molecular flexibility index (Phi) is 3.64. The van der Waals surface area contributed by atoms with E-state index in [0.29, 0.717) is 12.3 Å². The summed E-state index contributed by atoms with van der Waals surface area (Å²) in [7, 11) is 0. The van der Waals surface area contributed by atoms with E-state index in [4.69, 9.17) is 10.6 Å². The largest absolute Gasteiger partial charge is 0.349 e. The van der Waals surface area contributed by atoms with Crippen LogP contribution in [0.5, 0.6) is 0 Å². The summed E-state index contributed by atoms with van der Waals surface area (Å²) in [6.45, 7) is 4.01. The molecule has 1 heterocycles. The third kappa shape index (κ3) is 3.18. The van der Waals surface area contributed by atoms with Crippen molar-refractivity contribution in [3.05, 3.63) is 18.7 Å². The van der Waals surface area contributed by atoms with Crippen LogP contribution in [0, 0.1) is 5.92 Å². The highest BCUT2D eigenvalue weighted by molar-refractivity contribution is 5.75. The van der Waals surface area contributed by atoms with Crippen molar-refractivity contribution in [2.75, 3.05) is 0 Å². The normalized spacial score (nSPS) is 12.9. The predicted octanol–water partition coefficient (Wildman–Crippen LogP) is 0.212. The van der Waals surface area contributed by atoms with Crippen molar-refractivity contribution in [1.82, 2.24) is 9.71 Å². The second-order valence-corrected chi connectivity index (χ2v) is 3.57. The minimum atomic E-state index is -0.572. The molecular formula is C9H15N3O2. The topological polar surface area (TPSA) is 70.1 Å². The molecule has 78 valence electrons. The van der Waals surface area contributed by atoms with Crippen molar-refractivity contribution in [3.8, 4) is 0 Å². The van der Waals surface area contributed by atoms with Gasteiger partial charge in [-0.1, -0.05) is 13.8 Å². The number of nitrogens with zero attached hydrogens (tertiary/aromatic N) is 2. The van der Waals surface area contributed by atoms with Gasteiger partial charge in [-0.2, -0.15) is 4.73 Å². The molecule has 0 aliphatic rings. The summed E-state index contributed by atoms with van der Waals surface area (Å²) in [4.78, 5) is 20.0. The van der Waals surface area contributed by atoms with Gasteiger partial charge in [-0.15, -0.1) is 0 Å². The Morgan fingerprint density at radius 3 is 2.86 bits per heavy atom. The SMILES string of the molecule is CC(C)C[C@H](N)C(=O)On1ccnc1. The van der Waals surface area contributed by atoms with Gasteiger partial charge in [-0.25, -0.2) is 9.78 Å². The van der Waals surface area contributed by atoms with Gasteiger partial charge in [0.05, 0.1) is 6.20 Å².